The second-order valence-electron chi connectivity index (χ2n) is 16.7. The molecule has 0 saturated carbocycles. The molecule has 6 nitrogen and oxygen atoms in total. The number of ether oxygens (including phenoxy) is 3. The van der Waals surface area contributed by atoms with E-state index in [-0.39, 0.29) is 31.1 Å². The maximum Gasteiger partial charge on any atom is 0.306 e. The van der Waals surface area contributed by atoms with E-state index in [9.17, 15) is 14.4 Å². The number of rotatable bonds is 45. The summed E-state index contributed by atoms with van der Waals surface area (Å²) in [7, 11) is 0. The third-order valence-corrected chi connectivity index (χ3v) is 10.7. The molecule has 0 aliphatic carbocycles. The first-order valence-corrected chi connectivity index (χ1v) is 25.4. The summed E-state index contributed by atoms with van der Waals surface area (Å²) < 4.78 is 16.8. The molecule has 0 aliphatic heterocycles. The highest BCUT2D eigenvalue weighted by Crippen LogP contribution is 2.13. The Morgan fingerprint density at radius 3 is 0.951 bits per heavy atom. The molecule has 0 aromatic rings. The van der Waals surface area contributed by atoms with Crippen molar-refractivity contribution in [1.29, 1.82) is 0 Å². The zero-order valence-electron chi connectivity index (χ0n) is 39.9. The van der Waals surface area contributed by atoms with Crippen molar-refractivity contribution < 1.29 is 28.6 Å². The van der Waals surface area contributed by atoms with Gasteiger partial charge in [0.05, 0.1) is 0 Å². The van der Waals surface area contributed by atoms with Gasteiger partial charge in [-0.15, -0.1) is 0 Å². The normalized spacial score (nSPS) is 12.6. The van der Waals surface area contributed by atoms with Crippen LogP contribution < -0.4 is 0 Å². The number of hydrogen-bond donors (Lipinski definition) is 0. The number of hydrogen-bond acceptors (Lipinski definition) is 6. The number of esters is 3. The zero-order chi connectivity index (χ0) is 44.4. The van der Waals surface area contributed by atoms with Gasteiger partial charge >= 0.3 is 17.9 Å². The van der Waals surface area contributed by atoms with Crippen LogP contribution in [0.3, 0.4) is 0 Å². The van der Waals surface area contributed by atoms with Crippen molar-refractivity contribution in [1.82, 2.24) is 0 Å². The summed E-state index contributed by atoms with van der Waals surface area (Å²) in [5, 5.41) is 0. The van der Waals surface area contributed by atoms with E-state index in [1.54, 1.807) is 0 Å². The van der Waals surface area contributed by atoms with Crippen molar-refractivity contribution in [3.8, 4) is 0 Å². The maximum absolute atomic E-state index is 12.8. The topological polar surface area (TPSA) is 78.9 Å². The molecule has 0 radical (unpaired) electrons. The molecule has 0 bridgehead atoms. The van der Waals surface area contributed by atoms with Crippen molar-refractivity contribution in [2.24, 2.45) is 0 Å². The molecular formula is C55H94O6. The van der Waals surface area contributed by atoms with Crippen LogP contribution in [-0.2, 0) is 28.6 Å². The lowest BCUT2D eigenvalue weighted by Crippen LogP contribution is -2.30. The van der Waals surface area contributed by atoms with Crippen LogP contribution in [0.5, 0.6) is 0 Å². The van der Waals surface area contributed by atoms with Gasteiger partial charge in [-0.3, -0.25) is 14.4 Å². The van der Waals surface area contributed by atoms with Gasteiger partial charge in [0.25, 0.3) is 0 Å². The Kier molecular flexibility index (Phi) is 46.9. The van der Waals surface area contributed by atoms with E-state index < -0.39 is 6.10 Å². The van der Waals surface area contributed by atoms with Crippen LogP contribution in [0.1, 0.15) is 239 Å². The van der Waals surface area contributed by atoms with E-state index in [1.807, 2.05) is 0 Å². The van der Waals surface area contributed by atoms with Gasteiger partial charge in [0.1, 0.15) is 13.2 Å². The average molecular weight is 851 g/mol. The van der Waals surface area contributed by atoms with Gasteiger partial charge in [0, 0.05) is 19.3 Å². The summed E-state index contributed by atoms with van der Waals surface area (Å²) in [6.07, 6.45) is 61.6. The molecule has 0 fully saturated rings. The van der Waals surface area contributed by atoms with Gasteiger partial charge in [0.15, 0.2) is 6.10 Å². The second-order valence-corrected chi connectivity index (χ2v) is 16.7. The van der Waals surface area contributed by atoms with E-state index >= 15 is 0 Å². The Balaban J connectivity index is 4.46. The van der Waals surface area contributed by atoms with E-state index in [4.69, 9.17) is 14.2 Å². The Morgan fingerprint density at radius 2 is 0.607 bits per heavy atom. The summed E-state index contributed by atoms with van der Waals surface area (Å²) in [6.45, 7) is 6.49. The SMILES string of the molecule is CCCC/C=C\C/C=C\CCCCCCCC(=O)OC[C@H](COC(=O)CCCCCCC/C=C\C/C=C\CCCCC)OC(=O)CCCCCCC/C=C\C/C=C\CCCC. The van der Waals surface area contributed by atoms with Crippen molar-refractivity contribution in [3.63, 3.8) is 0 Å². The van der Waals surface area contributed by atoms with Crippen molar-refractivity contribution in [3.05, 3.63) is 72.9 Å². The van der Waals surface area contributed by atoms with Crippen molar-refractivity contribution >= 4 is 17.9 Å². The molecule has 350 valence electrons. The summed E-state index contributed by atoms with van der Waals surface area (Å²) in [5.74, 6) is -0.934. The quantitative estimate of drug-likeness (QED) is 0.0263. The summed E-state index contributed by atoms with van der Waals surface area (Å²) in [6, 6.07) is 0. The molecule has 0 heterocycles. The molecular weight excluding hydrogens is 757 g/mol. The fourth-order valence-electron chi connectivity index (χ4n) is 6.74. The minimum absolute atomic E-state index is 0.0935. The highest BCUT2D eigenvalue weighted by atomic mass is 16.6. The number of carbonyl (C=O) groups is 3. The van der Waals surface area contributed by atoms with Crippen LogP contribution in [-0.4, -0.2) is 37.2 Å². The lowest BCUT2D eigenvalue weighted by Gasteiger charge is -2.18. The lowest BCUT2D eigenvalue weighted by molar-refractivity contribution is -0.167. The average Bonchev–Trinajstić information content (AvgIpc) is 3.26. The van der Waals surface area contributed by atoms with Crippen LogP contribution in [0.2, 0.25) is 0 Å². The highest BCUT2D eigenvalue weighted by Gasteiger charge is 2.19. The largest absolute Gasteiger partial charge is 0.462 e. The third-order valence-electron chi connectivity index (χ3n) is 10.7. The minimum atomic E-state index is -0.793. The minimum Gasteiger partial charge on any atom is -0.462 e. The van der Waals surface area contributed by atoms with Gasteiger partial charge in [-0.2, -0.15) is 0 Å². The van der Waals surface area contributed by atoms with E-state index in [0.717, 1.165) is 135 Å². The van der Waals surface area contributed by atoms with E-state index in [0.29, 0.717) is 19.3 Å². The highest BCUT2D eigenvalue weighted by molar-refractivity contribution is 5.71. The molecule has 0 aromatic carbocycles. The lowest BCUT2D eigenvalue weighted by atomic mass is 10.1. The first-order chi connectivity index (χ1) is 30.0. The number of carbonyl (C=O) groups excluding carboxylic acids is 3. The van der Waals surface area contributed by atoms with E-state index in [2.05, 4.69) is 93.7 Å². The van der Waals surface area contributed by atoms with Crippen LogP contribution in [0.15, 0.2) is 72.9 Å². The molecule has 0 unspecified atom stereocenters. The van der Waals surface area contributed by atoms with Crippen molar-refractivity contribution in [2.45, 2.75) is 245 Å². The first-order valence-electron chi connectivity index (χ1n) is 25.4. The van der Waals surface area contributed by atoms with Crippen LogP contribution >= 0.6 is 0 Å². The molecule has 61 heavy (non-hydrogen) atoms. The summed E-state index contributed by atoms with van der Waals surface area (Å²) in [5.41, 5.74) is 0. The zero-order valence-corrected chi connectivity index (χ0v) is 39.9. The van der Waals surface area contributed by atoms with Crippen LogP contribution in [0.4, 0.5) is 0 Å². The Morgan fingerprint density at radius 1 is 0.328 bits per heavy atom. The summed E-state index contributed by atoms with van der Waals surface area (Å²) >= 11 is 0. The molecule has 0 aromatic heterocycles. The Labute approximate surface area is 376 Å². The molecule has 6 heteroatoms. The van der Waals surface area contributed by atoms with Gasteiger partial charge in [-0.25, -0.2) is 0 Å². The molecule has 0 rings (SSSR count). The second kappa shape index (κ2) is 49.5. The predicted molar refractivity (Wildman–Crippen MR) is 261 cm³/mol. The molecule has 0 saturated heterocycles. The van der Waals surface area contributed by atoms with E-state index in [1.165, 1.54) is 64.2 Å². The van der Waals surface area contributed by atoms with Gasteiger partial charge in [-0.05, 0) is 103 Å². The van der Waals surface area contributed by atoms with Gasteiger partial charge in [-0.1, -0.05) is 190 Å². The Bertz CT molecular complexity index is 1160. The predicted octanol–water partition coefficient (Wildman–Crippen LogP) is 16.6. The molecule has 0 N–H and O–H groups in total. The monoisotopic (exact) mass is 851 g/mol. The fraction of sp³-hybridized carbons (Fsp3) is 0.727. The fourth-order valence-corrected chi connectivity index (χ4v) is 6.74. The standard InChI is InChI=1S/C55H94O6/c1-4-7-10-13-16-19-22-25-28-31-33-36-39-42-45-48-54(57)60-51-52(61-55(58)49-46-43-40-37-34-30-27-24-21-18-15-12-9-6-3)50-59-53(56)47-44-41-38-35-32-29-26-23-20-17-14-11-8-5-2/h14-19,23-28,52H,4-13,20-22,29-51H2,1-3H3/b17-14-,18-15-,19-16-,26-23-,27-24-,28-25-/t52-/m1/s1. The first kappa shape index (κ1) is 57.9. The van der Waals surface area contributed by atoms with Crippen LogP contribution in [0, 0.1) is 0 Å². The van der Waals surface area contributed by atoms with Crippen LogP contribution in [0.25, 0.3) is 0 Å². The molecule has 1 atom stereocenters. The summed E-state index contributed by atoms with van der Waals surface area (Å²) in [4.78, 5) is 37.9. The molecule has 0 amide bonds. The number of unbranched alkanes of at least 4 members (excludes halogenated alkanes) is 22. The Hall–Kier alpha value is -3.15. The maximum atomic E-state index is 12.8. The van der Waals surface area contributed by atoms with Gasteiger partial charge in [0.2, 0.25) is 0 Å². The third kappa shape index (κ3) is 47.7. The van der Waals surface area contributed by atoms with Crippen molar-refractivity contribution in [2.75, 3.05) is 13.2 Å². The number of allylic oxidation sites excluding steroid dienone is 12. The molecule has 0 spiro atoms. The van der Waals surface area contributed by atoms with Gasteiger partial charge < -0.3 is 14.2 Å². The molecule has 0 aliphatic rings. The smallest absolute Gasteiger partial charge is 0.306 e.